The Hall–Kier alpha value is -1.18. The van der Waals surface area contributed by atoms with Crippen molar-refractivity contribution in [3.63, 3.8) is 0 Å². The van der Waals surface area contributed by atoms with Crippen molar-refractivity contribution in [3.8, 4) is 0 Å². The Labute approximate surface area is 327 Å². The van der Waals surface area contributed by atoms with Gasteiger partial charge in [-0.1, -0.05) is 206 Å². The Morgan fingerprint density at radius 3 is 0.880 bits per heavy atom. The predicted octanol–water partition coefficient (Wildman–Crippen LogP) is 10.4. The van der Waals surface area contributed by atoms with Crippen LogP contribution in [0.4, 0.5) is 0 Å². The Kier molecular flexibility index (Phi) is 36.7. The van der Waals surface area contributed by atoms with Crippen LogP contribution in [0, 0.1) is 0 Å². The van der Waals surface area contributed by atoms with Crippen LogP contribution in [0.1, 0.15) is 240 Å². The molecule has 0 amide bonds. The van der Waals surface area contributed by atoms with Crippen LogP contribution in [-0.2, 0) is 16.5 Å². The molecule has 0 spiro atoms. The monoisotopic (exact) mass is 814 g/mol. The number of ether oxygens (including phenoxy) is 2. The molecule has 0 radical (unpaired) electrons. The number of esters is 2. The molecular weight excluding hydrogens is 733 g/mol. The summed E-state index contributed by atoms with van der Waals surface area (Å²) in [6.45, 7) is 5.41. The van der Waals surface area contributed by atoms with Crippen molar-refractivity contribution in [1.82, 2.24) is 0 Å². The molecule has 292 valence electrons. The second-order valence-electron chi connectivity index (χ2n) is 14.9. The molecule has 0 bridgehead atoms. The molecule has 1 heterocycles. The van der Waals surface area contributed by atoms with Gasteiger partial charge in [-0.2, -0.15) is 0 Å². The number of carbonyl (C=O) groups is 2. The number of rotatable bonds is 36. The van der Waals surface area contributed by atoms with E-state index in [1.807, 2.05) is 7.05 Å². The zero-order valence-electron chi connectivity index (χ0n) is 33.2. The lowest BCUT2D eigenvalue weighted by molar-refractivity contribution is -0.671. The van der Waals surface area contributed by atoms with Gasteiger partial charge in [-0.3, -0.25) is 0 Å². The van der Waals surface area contributed by atoms with Crippen molar-refractivity contribution in [2.45, 2.75) is 219 Å². The first kappa shape index (κ1) is 48.8. The lowest BCUT2D eigenvalue weighted by Crippen LogP contribution is -3.00. The van der Waals surface area contributed by atoms with Gasteiger partial charge in [-0.25, -0.2) is 14.2 Å². The minimum absolute atomic E-state index is 0. The summed E-state index contributed by atoms with van der Waals surface area (Å²) in [5, 5.41) is 0. The summed E-state index contributed by atoms with van der Waals surface area (Å²) in [7, 11) is 1.82. The van der Waals surface area contributed by atoms with E-state index in [2.05, 4.69) is 13.8 Å². The van der Waals surface area contributed by atoms with Crippen molar-refractivity contribution in [3.05, 3.63) is 29.6 Å². The topological polar surface area (TPSA) is 56.5 Å². The largest absolute Gasteiger partial charge is 1.00 e. The summed E-state index contributed by atoms with van der Waals surface area (Å²) < 4.78 is 12.8. The molecule has 5 nitrogen and oxygen atoms in total. The van der Waals surface area contributed by atoms with E-state index in [-0.39, 0.29) is 35.9 Å². The van der Waals surface area contributed by atoms with Crippen LogP contribution in [0.3, 0.4) is 0 Å². The first-order valence-electron chi connectivity index (χ1n) is 21.4. The summed E-state index contributed by atoms with van der Waals surface area (Å²) in [5.74, 6) is -0.743. The minimum atomic E-state index is -0.371. The van der Waals surface area contributed by atoms with Gasteiger partial charge in [0.25, 0.3) is 0 Å². The molecule has 0 saturated heterocycles. The van der Waals surface area contributed by atoms with Crippen LogP contribution >= 0.6 is 0 Å². The van der Waals surface area contributed by atoms with Gasteiger partial charge >= 0.3 is 11.9 Å². The van der Waals surface area contributed by atoms with Crippen molar-refractivity contribution >= 4 is 11.9 Å². The summed E-state index contributed by atoms with van der Waals surface area (Å²) in [6, 6.07) is 1.60. The van der Waals surface area contributed by atoms with E-state index in [9.17, 15) is 9.59 Å². The zero-order chi connectivity index (χ0) is 35.5. The molecule has 0 aliphatic carbocycles. The molecule has 1 aromatic heterocycles. The highest BCUT2D eigenvalue weighted by Gasteiger charge is 2.18. The van der Waals surface area contributed by atoms with Crippen molar-refractivity contribution in [2.24, 2.45) is 7.05 Å². The lowest BCUT2D eigenvalue weighted by Gasteiger charge is -2.07. The third-order valence-corrected chi connectivity index (χ3v) is 9.93. The summed E-state index contributed by atoms with van der Waals surface area (Å²) in [5.41, 5.74) is 0.798. The smallest absolute Gasteiger partial charge is 0.344 e. The SMILES string of the molecule is CCCCCCCCCCCCCCCCCCOC(=O)c1cc(C(=O)OCCCCCCCCCCCCCCCCCC)c[n+](C)c1.[I-]. The molecule has 1 aromatic rings. The van der Waals surface area contributed by atoms with Crippen LogP contribution in [0.5, 0.6) is 0 Å². The quantitative estimate of drug-likeness (QED) is 0.0293. The second-order valence-corrected chi connectivity index (χ2v) is 14.9. The van der Waals surface area contributed by atoms with Gasteiger partial charge in [0.1, 0.15) is 18.2 Å². The number of halogens is 1. The van der Waals surface area contributed by atoms with Gasteiger partial charge in [-0.15, -0.1) is 0 Å². The Morgan fingerprint density at radius 2 is 0.640 bits per heavy atom. The molecule has 0 fully saturated rings. The van der Waals surface area contributed by atoms with E-state index in [0.717, 1.165) is 25.7 Å². The van der Waals surface area contributed by atoms with Crippen molar-refractivity contribution in [1.29, 1.82) is 0 Å². The normalized spacial score (nSPS) is 11.0. The third-order valence-electron chi connectivity index (χ3n) is 9.93. The maximum Gasteiger partial charge on any atom is 0.344 e. The van der Waals surface area contributed by atoms with Crippen LogP contribution in [0.15, 0.2) is 18.5 Å². The highest BCUT2D eigenvalue weighted by Crippen LogP contribution is 2.16. The van der Waals surface area contributed by atoms with Crippen LogP contribution in [-0.4, -0.2) is 25.2 Å². The third kappa shape index (κ3) is 30.4. The zero-order valence-corrected chi connectivity index (χ0v) is 35.4. The predicted molar refractivity (Wildman–Crippen MR) is 207 cm³/mol. The Bertz CT molecular complexity index is 840. The van der Waals surface area contributed by atoms with Crippen LogP contribution in [0.2, 0.25) is 0 Å². The fraction of sp³-hybridized carbons (Fsp3) is 0.841. The maximum atomic E-state index is 12.7. The van der Waals surface area contributed by atoms with E-state index in [4.69, 9.17) is 9.47 Å². The van der Waals surface area contributed by atoms with E-state index in [1.54, 1.807) is 23.0 Å². The number of aromatic nitrogens is 1. The minimum Gasteiger partial charge on any atom is -1.00 e. The molecule has 0 unspecified atom stereocenters. The highest BCUT2D eigenvalue weighted by atomic mass is 127. The second kappa shape index (κ2) is 37.6. The van der Waals surface area contributed by atoms with Crippen molar-refractivity contribution in [2.75, 3.05) is 13.2 Å². The lowest BCUT2D eigenvalue weighted by atomic mass is 10.0. The van der Waals surface area contributed by atoms with Gasteiger partial charge in [0.2, 0.25) is 0 Å². The first-order valence-corrected chi connectivity index (χ1v) is 21.4. The van der Waals surface area contributed by atoms with Gasteiger partial charge in [0, 0.05) is 0 Å². The van der Waals surface area contributed by atoms with Crippen LogP contribution in [0.25, 0.3) is 0 Å². The number of unbranched alkanes of at least 4 members (excludes halogenated alkanes) is 30. The van der Waals surface area contributed by atoms with E-state index >= 15 is 0 Å². The number of aryl methyl sites for hydroxylation is 1. The summed E-state index contributed by atoms with van der Waals surface area (Å²) in [4.78, 5) is 25.3. The molecule has 50 heavy (non-hydrogen) atoms. The number of carbonyl (C=O) groups excluding carboxylic acids is 2. The number of hydrogen-bond donors (Lipinski definition) is 0. The van der Waals surface area contributed by atoms with Gasteiger partial charge in [-0.05, 0) is 18.9 Å². The summed E-state index contributed by atoms with van der Waals surface area (Å²) >= 11 is 0. The summed E-state index contributed by atoms with van der Waals surface area (Å²) in [6.07, 6.45) is 45.6. The van der Waals surface area contributed by atoms with E-state index < -0.39 is 0 Å². The first-order chi connectivity index (χ1) is 24.1. The van der Waals surface area contributed by atoms with Gasteiger partial charge in [0.15, 0.2) is 12.4 Å². The molecule has 0 atom stereocenters. The molecule has 0 N–H and O–H groups in total. The standard InChI is InChI=1S/C44H80NO4.HI/c1-4-6-8-10-12-14-16-18-20-22-24-26-28-30-32-34-36-48-43(46)41-38-42(40-45(3)39-41)44(47)49-37-35-33-31-29-27-25-23-21-19-17-15-13-11-9-7-5-2;/h38-40H,4-37H2,1-3H3;1H/q+1;/p-1. The van der Waals surface area contributed by atoms with E-state index in [1.165, 1.54) is 180 Å². The molecule has 0 saturated carbocycles. The fourth-order valence-corrected chi connectivity index (χ4v) is 6.74. The molecular formula is C44H80INO4. The van der Waals surface area contributed by atoms with E-state index in [0.29, 0.717) is 24.3 Å². The molecule has 6 heteroatoms. The van der Waals surface area contributed by atoms with Gasteiger partial charge in [0.05, 0.1) is 13.2 Å². The van der Waals surface area contributed by atoms with Crippen LogP contribution < -0.4 is 28.5 Å². The average Bonchev–Trinajstić information content (AvgIpc) is 3.10. The fourth-order valence-electron chi connectivity index (χ4n) is 6.74. The number of hydrogen-bond acceptors (Lipinski definition) is 4. The molecule has 1 rings (SSSR count). The molecule has 0 aliphatic heterocycles. The molecule has 0 aliphatic rings. The van der Waals surface area contributed by atoms with Gasteiger partial charge < -0.3 is 33.5 Å². The Balaban J connectivity index is 0.0000240. The van der Waals surface area contributed by atoms with Crippen molar-refractivity contribution < 1.29 is 47.6 Å². The molecule has 0 aromatic carbocycles. The Morgan fingerprint density at radius 1 is 0.420 bits per heavy atom. The maximum absolute atomic E-state index is 12.7. The highest BCUT2D eigenvalue weighted by molar-refractivity contribution is 5.94. The average molecular weight is 814 g/mol. The number of nitrogens with zero attached hydrogens (tertiary/aromatic N) is 1. The number of pyridine rings is 1.